The van der Waals surface area contributed by atoms with E-state index in [-0.39, 0.29) is 34.3 Å². The molecule has 0 saturated carbocycles. The van der Waals surface area contributed by atoms with Crippen LogP contribution >= 0.6 is 11.6 Å². The lowest BCUT2D eigenvalue weighted by molar-refractivity contribution is -0.297. The third-order valence-electron chi connectivity index (χ3n) is 5.38. The van der Waals surface area contributed by atoms with Crippen LogP contribution < -0.4 is 10.6 Å². The van der Waals surface area contributed by atoms with Crippen LogP contribution in [-0.4, -0.2) is 29.7 Å². The Kier molecular flexibility index (Phi) is 7.53. The van der Waals surface area contributed by atoms with Gasteiger partial charge in [0.1, 0.15) is 5.54 Å². The molecule has 0 aliphatic rings. The number of alkyl halides is 6. The molecule has 0 fully saturated rings. The van der Waals surface area contributed by atoms with Gasteiger partial charge in [0.25, 0.3) is 11.8 Å². The summed E-state index contributed by atoms with van der Waals surface area (Å²) in [5, 5.41) is 13.8. The molecule has 35 heavy (non-hydrogen) atoms. The number of carbonyl (C=O) groups excluding carboxylic acids is 2. The van der Waals surface area contributed by atoms with E-state index >= 15 is 0 Å². The van der Waals surface area contributed by atoms with E-state index in [0.717, 1.165) is 6.07 Å². The number of nitrogens with zero attached hydrogens (tertiary/aromatic N) is 1. The fraction of sp³-hybridized carbons (Fsp3) is 0.348. The molecule has 2 amide bonds. The van der Waals surface area contributed by atoms with Gasteiger partial charge in [-0.3, -0.25) is 9.59 Å². The molecule has 2 aromatic rings. The lowest BCUT2D eigenvalue weighted by Crippen LogP contribution is -2.51. The highest BCUT2D eigenvalue weighted by Crippen LogP contribution is 2.52. The van der Waals surface area contributed by atoms with Crippen molar-refractivity contribution in [1.82, 2.24) is 5.32 Å². The third-order valence-corrected chi connectivity index (χ3v) is 5.69. The van der Waals surface area contributed by atoms with Crippen molar-refractivity contribution in [3.05, 3.63) is 63.7 Å². The van der Waals surface area contributed by atoms with E-state index in [2.05, 4.69) is 10.6 Å². The molecule has 2 N–H and O–H groups in total. The summed E-state index contributed by atoms with van der Waals surface area (Å²) in [5.74, 6) is -1.72. The van der Waals surface area contributed by atoms with Crippen molar-refractivity contribution < 1.29 is 35.9 Å². The molecule has 0 unspecified atom stereocenters. The quantitative estimate of drug-likeness (QED) is 0.454. The smallest absolute Gasteiger partial charge is 0.334 e. The van der Waals surface area contributed by atoms with Crippen LogP contribution in [0.15, 0.2) is 36.4 Å². The number of nitriles is 1. The average Bonchev–Trinajstić information content (AvgIpc) is 2.72. The van der Waals surface area contributed by atoms with Crippen LogP contribution in [-0.2, 0) is 5.41 Å². The van der Waals surface area contributed by atoms with Gasteiger partial charge < -0.3 is 10.6 Å². The summed E-state index contributed by atoms with van der Waals surface area (Å²) in [6.07, 6.45) is -11.2. The van der Waals surface area contributed by atoms with Crippen LogP contribution in [0.4, 0.5) is 32.0 Å². The molecule has 5 nitrogen and oxygen atoms in total. The number of aryl methyl sites for hydroxylation is 1. The molecule has 2 aromatic carbocycles. The van der Waals surface area contributed by atoms with E-state index in [1.807, 2.05) is 6.07 Å². The zero-order valence-corrected chi connectivity index (χ0v) is 19.6. The fourth-order valence-corrected chi connectivity index (χ4v) is 3.37. The summed E-state index contributed by atoms with van der Waals surface area (Å²) < 4.78 is 80.3. The number of hydrogen-bond donors (Lipinski definition) is 2. The monoisotopic (exact) mass is 519 g/mol. The van der Waals surface area contributed by atoms with Gasteiger partial charge >= 0.3 is 12.4 Å². The first-order chi connectivity index (χ1) is 15.9. The molecule has 0 aromatic heterocycles. The Labute approximate surface area is 202 Å². The van der Waals surface area contributed by atoms with Crippen LogP contribution in [0.5, 0.6) is 0 Å². The molecule has 0 atom stereocenters. The Morgan fingerprint density at radius 2 is 1.51 bits per heavy atom. The molecule has 0 bridgehead atoms. The molecular formula is C23H20ClF6N3O2. The van der Waals surface area contributed by atoms with Gasteiger partial charge in [-0.2, -0.15) is 31.6 Å². The third kappa shape index (κ3) is 5.53. The number of halogens is 7. The van der Waals surface area contributed by atoms with Crippen molar-refractivity contribution in [2.45, 2.75) is 51.0 Å². The number of nitrogens with one attached hydrogen (secondary N) is 2. The highest BCUT2D eigenvalue weighted by molar-refractivity contribution is 6.35. The van der Waals surface area contributed by atoms with Gasteiger partial charge in [-0.25, -0.2) is 0 Å². The second kappa shape index (κ2) is 9.41. The molecule has 0 radical (unpaired) electrons. The van der Waals surface area contributed by atoms with Crippen molar-refractivity contribution >= 4 is 29.1 Å². The minimum atomic E-state index is -5.62. The zero-order valence-electron chi connectivity index (χ0n) is 18.9. The maximum absolute atomic E-state index is 13.4. The largest absolute Gasteiger partial charge is 0.406 e. The van der Waals surface area contributed by atoms with E-state index in [1.54, 1.807) is 0 Å². The Bertz CT molecular complexity index is 1190. The predicted molar refractivity (Wildman–Crippen MR) is 117 cm³/mol. The lowest BCUT2D eigenvalue weighted by Gasteiger charge is -2.34. The summed E-state index contributed by atoms with van der Waals surface area (Å²) >= 11 is 6.09. The Morgan fingerprint density at radius 3 is 2.00 bits per heavy atom. The number of hydrogen-bond acceptors (Lipinski definition) is 3. The second-order valence-electron chi connectivity index (χ2n) is 8.46. The average molecular weight is 520 g/mol. The Morgan fingerprint density at radius 1 is 0.943 bits per heavy atom. The van der Waals surface area contributed by atoms with Gasteiger partial charge in [-0.05, 0) is 57.0 Å². The minimum Gasteiger partial charge on any atom is -0.334 e. The van der Waals surface area contributed by atoms with E-state index < -0.39 is 40.7 Å². The number of rotatable bonds is 5. The van der Waals surface area contributed by atoms with Gasteiger partial charge in [0.2, 0.25) is 0 Å². The minimum absolute atomic E-state index is 0.0413. The van der Waals surface area contributed by atoms with Crippen LogP contribution in [0, 0.1) is 18.3 Å². The molecule has 188 valence electrons. The molecule has 0 heterocycles. The molecular weight excluding hydrogens is 500 g/mol. The van der Waals surface area contributed by atoms with Crippen LogP contribution in [0.3, 0.4) is 0 Å². The standard InChI is InChI=1S/C23H20ClF6N3O2/c1-12-10-13(21(4,22(25,26)27)23(28,29)30)8-9-16(12)32-18(34)14-6-5-7-15(24)17(14)19(35)33-20(2,3)11-31/h5-10H,1-4H3,(H,32,34)(H,33,35). The summed E-state index contributed by atoms with van der Waals surface area (Å²) in [6.45, 7) is 4.11. The van der Waals surface area contributed by atoms with Crippen LogP contribution in [0.25, 0.3) is 0 Å². The molecule has 0 spiro atoms. The summed E-state index contributed by atoms with van der Waals surface area (Å²) in [6, 6.07) is 8.06. The van der Waals surface area contributed by atoms with Crippen molar-refractivity contribution in [2.24, 2.45) is 0 Å². The Hall–Kier alpha value is -3.26. The van der Waals surface area contributed by atoms with E-state index in [1.165, 1.54) is 39.0 Å². The Balaban J connectivity index is 2.45. The number of anilines is 1. The number of benzene rings is 2. The van der Waals surface area contributed by atoms with Gasteiger partial charge in [0.05, 0.1) is 22.2 Å². The van der Waals surface area contributed by atoms with Crippen LogP contribution in [0.1, 0.15) is 52.6 Å². The van der Waals surface area contributed by atoms with Crippen molar-refractivity contribution in [3.8, 4) is 6.07 Å². The van der Waals surface area contributed by atoms with Gasteiger partial charge in [0, 0.05) is 5.69 Å². The van der Waals surface area contributed by atoms with Gasteiger partial charge in [-0.1, -0.05) is 29.8 Å². The lowest BCUT2D eigenvalue weighted by atomic mass is 9.80. The highest BCUT2D eigenvalue weighted by Gasteiger charge is 2.68. The molecule has 0 aliphatic carbocycles. The fourth-order valence-electron chi connectivity index (χ4n) is 3.11. The maximum atomic E-state index is 13.4. The summed E-state index contributed by atoms with van der Waals surface area (Å²) in [5.41, 5.74) is -7.09. The summed E-state index contributed by atoms with van der Waals surface area (Å²) in [4.78, 5) is 25.6. The molecule has 0 aliphatic heterocycles. The van der Waals surface area contributed by atoms with Crippen LogP contribution in [0.2, 0.25) is 5.02 Å². The molecule has 2 rings (SSSR count). The SMILES string of the molecule is Cc1cc(C(C)(C(F)(F)F)C(F)(F)F)ccc1NC(=O)c1cccc(Cl)c1C(=O)NC(C)(C)C#N. The first-order valence-electron chi connectivity index (χ1n) is 9.94. The normalized spacial score (nSPS) is 12.6. The molecule has 12 heteroatoms. The first-order valence-corrected chi connectivity index (χ1v) is 10.3. The van der Waals surface area contributed by atoms with Crippen molar-refractivity contribution in [2.75, 3.05) is 5.32 Å². The number of amides is 2. The zero-order chi connectivity index (χ0) is 27.0. The molecule has 0 saturated heterocycles. The van der Waals surface area contributed by atoms with E-state index in [4.69, 9.17) is 16.9 Å². The van der Waals surface area contributed by atoms with Gasteiger partial charge in [0.15, 0.2) is 5.41 Å². The second-order valence-corrected chi connectivity index (χ2v) is 8.86. The predicted octanol–water partition coefficient (Wildman–Crippen LogP) is 6.32. The van der Waals surface area contributed by atoms with Crippen molar-refractivity contribution in [3.63, 3.8) is 0 Å². The maximum Gasteiger partial charge on any atom is 0.406 e. The van der Waals surface area contributed by atoms with Gasteiger partial charge in [-0.15, -0.1) is 0 Å². The van der Waals surface area contributed by atoms with Crippen molar-refractivity contribution in [1.29, 1.82) is 5.26 Å². The highest BCUT2D eigenvalue weighted by atomic mass is 35.5. The van der Waals surface area contributed by atoms with E-state index in [0.29, 0.717) is 12.1 Å². The summed E-state index contributed by atoms with van der Waals surface area (Å²) in [7, 11) is 0. The first kappa shape index (κ1) is 28.0. The topological polar surface area (TPSA) is 82.0 Å². The van der Waals surface area contributed by atoms with E-state index in [9.17, 15) is 35.9 Å². The number of carbonyl (C=O) groups is 2.